The maximum atomic E-state index is 9.99. The van der Waals surface area contributed by atoms with E-state index in [1.807, 2.05) is 0 Å². The molecular formula is C15H23ClN2OS2. The van der Waals surface area contributed by atoms with Crippen LogP contribution in [0, 0.1) is 6.92 Å². The van der Waals surface area contributed by atoms with E-state index in [-0.39, 0.29) is 24.0 Å². The number of thiazole rings is 1. The second-order valence-corrected chi connectivity index (χ2v) is 8.34. The van der Waals surface area contributed by atoms with Crippen molar-refractivity contribution < 1.29 is 5.11 Å². The molecule has 118 valence electrons. The molecule has 3 nitrogen and oxygen atoms in total. The average Bonchev–Trinajstić information content (AvgIpc) is 2.75. The first kappa shape index (κ1) is 18.7. The zero-order chi connectivity index (χ0) is 14.8. The van der Waals surface area contributed by atoms with E-state index < -0.39 is 0 Å². The van der Waals surface area contributed by atoms with Crippen LogP contribution in [0.5, 0.6) is 0 Å². The number of hydrogen-bond donors (Lipinski definition) is 2. The van der Waals surface area contributed by atoms with E-state index >= 15 is 0 Å². The minimum Gasteiger partial charge on any atom is -0.391 e. The average molecular weight is 347 g/mol. The molecule has 2 N–H and O–H groups in total. The fourth-order valence-corrected chi connectivity index (χ4v) is 3.73. The normalized spacial score (nSPS) is 13.2. The van der Waals surface area contributed by atoms with Crippen molar-refractivity contribution in [1.82, 2.24) is 10.3 Å². The SMILES string of the molecule is Cc1ccc2sc(SCC(O)CNC(C)(C)C)nc2c1.Cl. The van der Waals surface area contributed by atoms with Crippen LogP contribution in [-0.4, -0.2) is 34.0 Å². The molecule has 0 aliphatic carbocycles. The fraction of sp³-hybridized carbons (Fsp3) is 0.533. The molecule has 2 aromatic rings. The molecule has 0 bridgehead atoms. The van der Waals surface area contributed by atoms with Gasteiger partial charge in [0.05, 0.1) is 16.3 Å². The number of rotatable bonds is 5. The highest BCUT2D eigenvalue weighted by Crippen LogP contribution is 2.30. The summed E-state index contributed by atoms with van der Waals surface area (Å²) in [6.45, 7) is 8.99. The maximum absolute atomic E-state index is 9.99. The van der Waals surface area contributed by atoms with E-state index in [0.29, 0.717) is 12.3 Å². The lowest BCUT2D eigenvalue weighted by molar-refractivity contribution is 0.183. The standard InChI is InChI=1S/C15H22N2OS2.ClH/c1-10-5-6-13-12(7-10)17-14(20-13)19-9-11(18)8-16-15(2,3)4;/h5-7,11,16,18H,8-9H2,1-4H3;1H. The highest BCUT2D eigenvalue weighted by molar-refractivity contribution is 8.01. The van der Waals surface area contributed by atoms with Crippen molar-refractivity contribution >= 4 is 45.7 Å². The number of nitrogens with one attached hydrogen (secondary N) is 1. The largest absolute Gasteiger partial charge is 0.391 e. The Hall–Kier alpha value is -0.330. The van der Waals surface area contributed by atoms with Gasteiger partial charge in [0.1, 0.15) is 0 Å². The number of benzene rings is 1. The first-order chi connectivity index (χ1) is 9.33. The van der Waals surface area contributed by atoms with Gasteiger partial charge < -0.3 is 10.4 Å². The zero-order valence-electron chi connectivity index (χ0n) is 12.8. The maximum Gasteiger partial charge on any atom is 0.151 e. The van der Waals surface area contributed by atoms with Crippen molar-refractivity contribution in [3.63, 3.8) is 0 Å². The number of hydrogen-bond acceptors (Lipinski definition) is 5. The number of thioether (sulfide) groups is 1. The summed E-state index contributed by atoms with van der Waals surface area (Å²) in [6, 6.07) is 6.33. The van der Waals surface area contributed by atoms with Crippen molar-refractivity contribution in [2.75, 3.05) is 12.3 Å². The molecule has 0 saturated heterocycles. The second kappa shape index (κ2) is 7.79. The highest BCUT2D eigenvalue weighted by atomic mass is 35.5. The van der Waals surface area contributed by atoms with Crippen LogP contribution in [0.4, 0.5) is 0 Å². The van der Waals surface area contributed by atoms with E-state index in [1.165, 1.54) is 10.3 Å². The van der Waals surface area contributed by atoms with Crippen molar-refractivity contribution in [3.05, 3.63) is 23.8 Å². The van der Waals surface area contributed by atoms with Gasteiger partial charge in [-0.15, -0.1) is 23.7 Å². The summed E-state index contributed by atoms with van der Waals surface area (Å²) in [5.41, 5.74) is 2.33. The Morgan fingerprint density at radius 2 is 2.10 bits per heavy atom. The van der Waals surface area contributed by atoms with E-state index in [0.717, 1.165) is 9.86 Å². The summed E-state index contributed by atoms with van der Waals surface area (Å²) in [5, 5.41) is 13.3. The first-order valence-corrected chi connectivity index (χ1v) is 8.57. The number of nitrogens with zero attached hydrogens (tertiary/aromatic N) is 1. The topological polar surface area (TPSA) is 45.1 Å². The van der Waals surface area contributed by atoms with Gasteiger partial charge in [0, 0.05) is 17.8 Å². The minimum atomic E-state index is -0.354. The van der Waals surface area contributed by atoms with Gasteiger partial charge in [-0.2, -0.15) is 0 Å². The number of aromatic nitrogens is 1. The van der Waals surface area contributed by atoms with Crippen LogP contribution >= 0.6 is 35.5 Å². The summed E-state index contributed by atoms with van der Waals surface area (Å²) < 4.78 is 2.24. The summed E-state index contributed by atoms with van der Waals surface area (Å²) in [6.07, 6.45) is -0.354. The molecule has 1 unspecified atom stereocenters. The molecule has 0 radical (unpaired) electrons. The molecule has 21 heavy (non-hydrogen) atoms. The molecule has 0 spiro atoms. The van der Waals surface area contributed by atoms with Crippen molar-refractivity contribution in [1.29, 1.82) is 0 Å². The van der Waals surface area contributed by atoms with Gasteiger partial charge in [0.2, 0.25) is 0 Å². The Morgan fingerprint density at radius 3 is 2.76 bits per heavy atom. The Morgan fingerprint density at radius 1 is 1.38 bits per heavy atom. The minimum absolute atomic E-state index is 0. The lowest BCUT2D eigenvalue weighted by atomic mass is 10.1. The predicted octanol–water partition coefficient (Wildman–Crippen LogP) is 3.87. The van der Waals surface area contributed by atoms with Crippen LogP contribution in [0.15, 0.2) is 22.5 Å². The van der Waals surface area contributed by atoms with Crippen molar-refractivity contribution in [3.8, 4) is 0 Å². The van der Waals surface area contributed by atoms with Crippen molar-refractivity contribution in [2.24, 2.45) is 0 Å². The number of aliphatic hydroxyl groups is 1. The molecule has 1 atom stereocenters. The second-order valence-electron chi connectivity index (χ2n) is 6.05. The molecule has 0 aliphatic heterocycles. The van der Waals surface area contributed by atoms with Crippen LogP contribution < -0.4 is 5.32 Å². The van der Waals surface area contributed by atoms with Crippen LogP contribution in [-0.2, 0) is 0 Å². The lowest BCUT2D eigenvalue weighted by Gasteiger charge is -2.22. The Labute approximate surface area is 141 Å². The molecule has 0 amide bonds. The lowest BCUT2D eigenvalue weighted by Crippen LogP contribution is -2.41. The Bertz CT molecular complexity index is 581. The van der Waals surface area contributed by atoms with Crippen LogP contribution in [0.2, 0.25) is 0 Å². The molecule has 6 heteroatoms. The van der Waals surface area contributed by atoms with E-state index in [9.17, 15) is 5.11 Å². The smallest absolute Gasteiger partial charge is 0.151 e. The predicted molar refractivity (Wildman–Crippen MR) is 96.1 cm³/mol. The number of β-amino-alcohol motifs (C(OH)–C–C–N with tert-alkyl or cyclic N) is 1. The van der Waals surface area contributed by atoms with Gasteiger partial charge in [-0.3, -0.25) is 0 Å². The molecule has 1 aromatic heterocycles. The van der Waals surface area contributed by atoms with E-state index in [1.54, 1.807) is 23.1 Å². The Balaban J connectivity index is 0.00000220. The van der Waals surface area contributed by atoms with Gasteiger partial charge in [0.15, 0.2) is 4.34 Å². The van der Waals surface area contributed by atoms with Gasteiger partial charge in [0.25, 0.3) is 0 Å². The van der Waals surface area contributed by atoms with Gasteiger partial charge in [-0.05, 0) is 45.4 Å². The summed E-state index contributed by atoms with van der Waals surface area (Å²) in [7, 11) is 0. The highest BCUT2D eigenvalue weighted by Gasteiger charge is 2.13. The fourth-order valence-electron chi connectivity index (χ4n) is 1.73. The van der Waals surface area contributed by atoms with Gasteiger partial charge >= 0.3 is 0 Å². The summed E-state index contributed by atoms with van der Waals surface area (Å²) >= 11 is 3.32. The molecule has 0 saturated carbocycles. The summed E-state index contributed by atoms with van der Waals surface area (Å²) in [4.78, 5) is 4.60. The third kappa shape index (κ3) is 6.12. The van der Waals surface area contributed by atoms with Crippen LogP contribution in [0.3, 0.4) is 0 Å². The molecule has 0 fully saturated rings. The third-order valence-corrected chi connectivity index (χ3v) is 5.11. The molecule has 1 heterocycles. The van der Waals surface area contributed by atoms with E-state index in [4.69, 9.17) is 0 Å². The monoisotopic (exact) mass is 346 g/mol. The first-order valence-electron chi connectivity index (χ1n) is 6.76. The number of fused-ring (bicyclic) bond motifs is 1. The van der Waals surface area contributed by atoms with Crippen molar-refractivity contribution in [2.45, 2.75) is 43.7 Å². The third-order valence-electron chi connectivity index (χ3n) is 2.79. The van der Waals surface area contributed by atoms with Gasteiger partial charge in [-0.25, -0.2) is 4.98 Å². The quantitative estimate of drug-likeness (QED) is 0.807. The van der Waals surface area contributed by atoms with Crippen LogP contribution in [0.25, 0.3) is 10.2 Å². The number of halogens is 1. The molecule has 2 rings (SSSR count). The molecule has 1 aromatic carbocycles. The number of aliphatic hydroxyl groups excluding tert-OH is 1. The zero-order valence-corrected chi connectivity index (χ0v) is 15.3. The summed E-state index contributed by atoms with van der Waals surface area (Å²) in [5.74, 6) is 0.669. The molecule has 0 aliphatic rings. The Kier molecular flexibility index (Phi) is 6.94. The molecular weight excluding hydrogens is 324 g/mol. The van der Waals surface area contributed by atoms with E-state index in [2.05, 4.69) is 56.2 Å². The van der Waals surface area contributed by atoms with Crippen LogP contribution in [0.1, 0.15) is 26.3 Å². The van der Waals surface area contributed by atoms with Gasteiger partial charge in [-0.1, -0.05) is 17.8 Å². The number of aryl methyl sites for hydroxylation is 1.